The molecule has 0 radical (unpaired) electrons. The lowest BCUT2D eigenvalue weighted by molar-refractivity contribution is -0.122. The molecular formula is C23H27ClN2O4. The van der Waals surface area contributed by atoms with Gasteiger partial charge in [-0.05, 0) is 37.0 Å². The van der Waals surface area contributed by atoms with E-state index in [0.29, 0.717) is 43.3 Å². The van der Waals surface area contributed by atoms with Gasteiger partial charge in [-0.15, -0.1) is 0 Å². The van der Waals surface area contributed by atoms with Gasteiger partial charge in [0, 0.05) is 25.6 Å². The molecule has 0 bridgehead atoms. The number of rotatable bonds is 8. The summed E-state index contributed by atoms with van der Waals surface area (Å²) >= 11 is 6.04. The zero-order valence-corrected chi connectivity index (χ0v) is 17.6. The lowest BCUT2D eigenvalue weighted by Gasteiger charge is -2.31. The molecule has 0 spiro atoms. The van der Waals surface area contributed by atoms with Crippen molar-refractivity contribution in [3.63, 3.8) is 0 Å². The first kappa shape index (κ1) is 22.0. The molecular weight excluding hydrogens is 404 g/mol. The Morgan fingerprint density at radius 2 is 1.73 bits per heavy atom. The summed E-state index contributed by atoms with van der Waals surface area (Å²) in [5.74, 6) is 0.633. The van der Waals surface area contributed by atoms with E-state index < -0.39 is 0 Å². The molecule has 2 aromatic carbocycles. The number of hydrogen-bond donors (Lipinski definition) is 1. The summed E-state index contributed by atoms with van der Waals surface area (Å²) in [5, 5.41) is 3.61. The van der Waals surface area contributed by atoms with Gasteiger partial charge in [0.1, 0.15) is 12.4 Å². The van der Waals surface area contributed by atoms with Crippen molar-refractivity contribution in [2.75, 3.05) is 19.7 Å². The van der Waals surface area contributed by atoms with Crippen LogP contribution in [0.3, 0.4) is 0 Å². The van der Waals surface area contributed by atoms with Crippen LogP contribution in [-0.2, 0) is 16.1 Å². The van der Waals surface area contributed by atoms with Crippen LogP contribution in [0.15, 0.2) is 54.6 Å². The third-order valence-corrected chi connectivity index (χ3v) is 5.28. The zero-order chi connectivity index (χ0) is 21.2. The molecule has 0 aromatic heterocycles. The van der Waals surface area contributed by atoms with E-state index in [1.165, 1.54) is 0 Å². The van der Waals surface area contributed by atoms with Gasteiger partial charge >= 0.3 is 6.09 Å². The van der Waals surface area contributed by atoms with Crippen molar-refractivity contribution in [1.29, 1.82) is 0 Å². The second kappa shape index (κ2) is 11.5. The summed E-state index contributed by atoms with van der Waals surface area (Å²) in [6.07, 6.45) is 2.15. The fourth-order valence-corrected chi connectivity index (χ4v) is 3.48. The molecule has 160 valence electrons. The summed E-state index contributed by atoms with van der Waals surface area (Å²) in [4.78, 5) is 26.1. The number of para-hydroxylation sites is 1. The second-order valence-electron chi connectivity index (χ2n) is 7.25. The number of piperidine rings is 1. The minimum atomic E-state index is -0.305. The molecule has 0 atom stereocenters. The van der Waals surface area contributed by atoms with Gasteiger partial charge in [-0.1, -0.05) is 54.1 Å². The standard InChI is InChI=1S/C23H27ClN2O4/c24-20-9-4-5-10-21(20)29-16-6-11-22(27)25-19-12-14-26(15-13-19)23(28)30-17-18-7-2-1-3-8-18/h1-5,7-10,19H,6,11-17H2,(H,25,27). The smallest absolute Gasteiger partial charge is 0.410 e. The molecule has 1 saturated heterocycles. The molecule has 6 nitrogen and oxygen atoms in total. The normalized spacial score (nSPS) is 14.2. The molecule has 1 aliphatic heterocycles. The van der Waals surface area contributed by atoms with E-state index in [2.05, 4.69) is 5.32 Å². The van der Waals surface area contributed by atoms with Gasteiger partial charge in [-0.2, -0.15) is 0 Å². The number of amides is 2. The first-order valence-electron chi connectivity index (χ1n) is 10.2. The second-order valence-corrected chi connectivity index (χ2v) is 7.66. The van der Waals surface area contributed by atoms with Crippen molar-refractivity contribution in [1.82, 2.24) is 10.2 Å². The van der Waals surface area contributed by atoms with Crippen LogP contribution in [0.1, 0.15) is 31.2 Å². The number of hydrogen-bond acceptors (Lipinski definition) is 4. The highest BCUT2D eigenvalue weighted by molar-refractivity contribution is 6.32. The summed E-state index contributed by atoms with van der Waals surface area (Å²) < 4.78 is 11.0. The summed E-state index contributed by atoms with van der Waals surface area (Å²) in [7, 11) is 0. The fraction of sp³-hybridized carbons (Fsp3) is 0.391. The van der Waals surface area contributed by atoms with Crippen molar-refractivity contribution in [3.8, 4) is 5.75 Å². The topological polar surface area (TPSA) is 67.9 Å². The van der Waals surface area contributed by atoms with E-state index in [1.807, 2.05) is 42.5 Å². The minimum Gasteiger partial charge on any atom is -0.492 e. The van der Waals surface area contributed by atoms with Crippen LogP contribution in [0, 0.1) is 0 Å². The van der Waals surface area contributed by atoms with Gasteiger partial charge in [0.15, 0.2) is 0 Å². The van der Waals surface area contributed by atoms with Crippen molar-refractivity contribution in [3.05, 3.63) is 65.2 Å². The molecule has 0 aliphatic carbocycles. The van der Waals surface area contributed by atoms with Crippen LogP contribution in [0.2, 0.25) is 5.02 Å². The number of nitrogens with one attached hydrogen (secondary N) is 1. The molecule has 1 aliphatic rings. The number of ether oxygens (including phenoxy) is 2. The van der Waals surface area contributed by atoms with Gasteiger partial charge in [0.2, 0.25) is 5.91 Å². The van der Waals surface area contributed by atoms with Crippen LogP contribution in [0.5, 0.6) is 5.75 Å². The molecule has 30 heavy (non-hydrogen) atoms. The highest BCUT2D eigenvalue weighted by Gasteiger charge is 2.24. The van der Waals surface area contributed by atoms with E-state index in [-0.39, 0.29) is 24.6 Å². The Hall–Kier alpha value is -2.73. The van der Waals surface area contributed by atoms with Crippen LogP contribution < -0.4 is 10.1 Å². The van der Waals surface area contributed by atoms with E-state index >= 15 is 0 Å². The highest BCUT2D eigenvalue weighted by atomic mass is 35.5. The Morgan fingerprint density at radius 3 is 2.47 bits per heavy atom. The van der Waals surface area contributed by atoms with Gasteiger partial charge in [-0.3, -0.25) is 4.79 Å². The predicted octanol–water partition coefficient (Wildman–Crippen LogP) is 4.42. The van der Waals surface area contributed by atoms with Gasteiger partial charge < -0.3 is 19.7 Å². The largest absolute Gasteiger partial charge is 0.492 e. The first-order valence-corrected chi connectivity index (χ1v) is 10.6. The van der Waals surface area contributed by atoms with Gasteiger partial charge in [-0.25, -0.2) is 4.79 Å². The van der Waals surface area contributed by atoms with Crippen LogP contribution in [-0.4, -0.2) is 42.6 Å². The molecule has 0 saturated carbocycles. The number of carbonyl (C=O) groups is 2. The van der Waals surface area contributed by atoms with E-state index in [9.17, 15) is 9.59 Å². The van der Waals surface area contributed by atoms with Crippen molar-refractivity contribution in [2.45, 2.75) is 38.3 Å². The molecule has 3 rings (SSSR count). The summed E-state index contributed by atoms with van der Waals surface area (Å²) in [5.41, 5.74) is 0.964. The Balaban J connectivity index is 1.29. The maximum atomic E-state index is 12.2. The molecule has 1 fully saturated rings. The first-order chi connectivity index (χ1) is 14.6. The lowest BCUT2D eigenvalue weighted by Crippen LogP contribution is -2.46. The molecule has 2 aromatic rings. The minimum absolute atomic E-state index is 0.00265. The van der Waals surface area contributed by atoms with Crippen LogP contribution in [0.4, 0.5) is 4.79 Å². The van der Waals surface area contributed by atoms with Crippen molar-refractivity contribution in [2.24, 2.45) is 0 Å². The van der Waals surface area contributed by atoms with Gasteiger partial charge in [0.25, 0.3) is 0 Å². The number of benzene rings is 2. The van der Waals surface area contributed by atoms with E-state index in [1.54, 1.807) is 17.0 Å². The number of carbonyl (C=O) groups excluding carboxylic acids is 2. The average Bonchev–Trinajstić information content (AvgIpc) is 2.77. The highest BCUT2D eigenvalue weighted by Crippen LogP contribution is 2.23. The lowest BCUT2D eigenvalue weighted by atomic mass is 10.1. The van der Waals surface area contributed by atoms with E-state index in [4.69, 9.17) is 21.1 Å². The van der Waals surface area contributed by atoms with Crippen LogP contribution in [0.25, 0.3) is 0 Å². The molecule has 1 heterocycles. The zero-order valence-electron chi connectivity index (χ0n) is 16.9. The van der Waals surface area contributed by atoms with Crippen molar-refractivity contribution >= 4 is 23.6 Å². The summed E-state index contributed by atoms with van der Waals surface area (Å²) in [6, 6.07) is 17.0. The maximum absolute atomic E-state index is 12.2. The average molecular weight is 431 g/mol. The third kappa shape index (κ3) is 6.95. The van der Waals surface area contributed by atoms with Crippen molar-refractivity contribution < 1.29 is 19.1 Å². The van der Waals surface area contributed by atoms with Crippen LogP contribution >= 0.6 is 11.6 Å². The third-order valence-electron chi connectivity index (χ3n) is 4.97. The number of likely N-dealkylation sites (tertiary alicyclic amines) is 1. The molecule has 2 amide bonds. The molecule has 7 heteroatoms. The molecule has 0 unspecified atom stereocenters. The van der Waals surface area contributed by atoms with Gasteiger partial charge in [0.05, 0.1) is 11.6 Å². The van der Waals surface area contributed by atoms with E-state index in [0.717, 1.165) is 18.4 Å². The Bertz CT molecular complexity index is 823. The monoisotopic (exact) mass is 430 g/mol. The fourth-order valence-electron chi connectivity index (χ4n) is 3.29. The summed E-state index contributed by atoms with van der Waals surface area (Å²) in [6.45, 7) is 1.86. The predicted molar refractivity (Wildman–Crippen MR) is 116 cm³/mol. The quantitative estimate of drug-likeness (QED) is 0.629. The maximum Gasteiger partial charge on any atom is 0.410 e. The Labute approximate surface area is 182 Å². The number of nitrogens with zero attached hydrogens (tertiary/aromatic N) is 1. The SMILES string of the molecule is O=C(CCCOc1ccccc1Cl)NC1CCN(C(=O)OCc2ccccc2)CC1. The molecule has 1 N–H and O–H groups in total. The number of halogens is 1. The Kier molecular flexibility index (Phi) is 8.39. The Morgan fingerprint density at radius 1 is 1.03 bits per heavy atom.